The second-order valence-electron chi connectivity index (χ2n) is 16.8. The lowest BCUT2D eigenvalue weighted by atomic mass is 10.0. The zero-order valence-electron chi connectivity index (χ0n) is 36.4. The van der Waals surface area contributed by atoms with Crippen molar-refractivity contribution in [1.82, 2.24) is 0 Å². The molecule has 0 aromatic heterocycles. The molecule has 0 N–H and O–H groups in total. The van der Waals surface area contributed by atoms with Gasteiger partial charge in [-0.3, -0.25) is 9.36 Å². The van der Waals surface area contributed by atoms with Crippen molar-refractivity contribution in [2.24, 2.45) is 0 Å². The van der Waals surface area contributed by atoms with Crippen LogP contribution in [0.25, 0.3) is 0 Å². The van der Waals surface area contributed by atoms with Crippen LogP contribution in [0, 0.1) is 0 Å². The van der Waals surface area contributed by atoms with Crippen LogP contribution in [0.2, 0.25) is 0 Å². The van der Waals surface area contributed by atoms with Crippen LogP contribution in [0.3, 0.4) is 0 Å². The molecule has 8 nitrogen and oxygen atoms in total. The van der Waals surface area contributed by atoms with Gasteiger partial charge in [-0.05, 0) is 38.5 Å². The first-order valence-electron chi connectivity index (χ1n) is 22.9. The summed E-state index contributed by atoms with van der Waals surface area (Å²) in [6.45, 7) is 5.43. The molecule has 0 bridgehead atoms. The Hall–Kier alpha value is -0.760. The third-order valence-electron chi connectivity index (χ3n) is 10.1. The SMILES string of the molecule is CCCCCC/C=C\CCCCCCCC(=O)OC(COCCCCCCCCCCCCCCCCCCCCC)COP(=O)([O-])OCC[N+](C)(C)C. The molecular weight excluding hydrogens is 697 g/mol. The van der Waals surface area contributed by atoms with Gasteiger partial charge in [-0.2, -0.15) is 0 Å². The Balaban J connectivity index is 4.15. The Labute approximate surface area is 335 Å². The third-order valence-corrected chi connectivity index (χ3v) is 11.0. The van der Waals surface area contributed by atoms with Crippen molar-refractivity contribution in [2.75, 3.05) is 54.1 Å². The van der Waals surface area contributed by atoms with E-state index < -0.39 is 13.9 Å². The van der Waals surface area contributed by atoms with E-state index in [0.717, 1.165) is 44.9 Å². The maximum absolute atomic E-state index is 12.7. The van der Waals surface area contributed by atoms with Gasteiger partial charge in [-0.1, -0.05) is 180 Å². The normalized spacial score (nSPS) is 13.8. The first-order chi connectivity index (χ1) is 26.1. The van der Waals surface area contributed by atoms with Crippen LogP contribution >= 0.6 is 7.82 Å². The molecule has 0 spiro atoms. The zero-order chi connectivity index (χ0) is 39.9. The number of unbranched alkanes of at least 4 members (excludes halogenated alkanes) is 27. The lowest BCUT2D eigenvalue weighted by molar-refractivity contribution is -0.870. The Kier molecular flexibility index (Phi) is 38.5. The molecule has 54 heavy (non-hydrogen) atoms. The number of hydrogen-bond acceptors (Lipinski definition) is 7. The number of phosphoric ester groups is 1. The third kappa shape index (κ3) is 42.4. The van der Waals surface area contributed by atoms with E-state index in [4.69, 9.17) is 18.5 Å². The topological polar surface area (TPSA) is 94.1 Å². The van der Waals surface area contributed by atoms with Gasteiger partial charge in [0.25, 0.3) is 7.82 Å². The van der Waals surface area contributed by atoms with Gasteiger partial charge in [0.1, 0.15) is 19.3 Å². The van der Waals surface area contributed by atoms with E-state index in [2.05, 4.69) is 26.0 Å². The number of hydrogen-bond donors (Lipinski definition) is 0. The Morgan fingerprint density at radius 3 is 1.43 bits per heavy atom. The van der Waals surface area contributed by atoms with E-state index in [-0.39, 0.29) is 25.8 Å². The summed E-state index contributed by atoms with van der Waals surface area (Å²) in [5.74, 6) is -0.339. The highest BCUT2D eigenvalue weighted by Crippen LogP contribution is 2.38. The molecule has 9 heteroatoms. The lowest BCUT2D eigenvalue weighted by Gasteiger charge is -2.28. The molecular formula is C45H90NO7P. The van der Waals surface area contributed by atoms with Crippen molar-refractivity contribution >= 4 is 13.8 Å². The van der Waals surface area contributed by atoms with Gasteiger partial charge in [0, 0.05) is 13.0 Å². The monoisotopic (exact) mass is 788 g/mol. The van der Waals surface area contributed by atoms with Crippen molar-refractivity contribution < 1.29 is 37.3 Å². The highest BCUT2D eigenvalue weighted by atomic mass is 31.2. The molecule has 0 heterocycles. The van der Waals surface area contributed by atoms with Crippen molar-refractivity contribution in [2.45, 2.75) is 219 Å². The van der Waals surface area contributed by atoms with Crippen LogP contribution in [0.5, 0.6) is 0 Å². The van der Waals surface area contributed by atoms with E-state index in [9.17, 15) is 14.3 Å². The summed E-state index contributed by atoms with van der Waals surface area (Å²) in [6.07, 6.45) is 42.2. The van der Waals surface area contributed by atoms with Crippen molar-refractivity contribution in [3.63, 3.8) is 0 Å². The fourth-order valence-corrected chi connectivity index (χ4v) is 7.21. The lowest BCUT2D eigenvalue weighted by Crippen LogP contribution is -2.37. The smallest absolute Gasteiger partial charge is 0.306 e. The average Bonchev–Trinajstić information content (AvgIpc) is 3.12. The standard InChI is InChI=1S/C45H90NO7P/c1-6-8-10-12-14-16-18-20-21-22-23-24-25-27-29-31-33-35-37-40-50-42-44(43-52-54(48,49)51-41-39-46(3,4)5)53-45(47)38-36-34-32-30-28-26-19-17-15-13-11-9-7-2/h17,19,44H,6-16,18,20-43H2,1-5H3/b19-17-. The molecule has 0 aliphatic rings. The number of likely N-dealkylation sites (N-methyl/N-ethyl adjacent to an activating group) is 1. The molecule has 2 atom stereocenters. The summed E-state index contributed by atoms with van der Waals surface area (Å²) in [6, 6.07) is 0. The molecule has 0 aromatic carbocycles. The second-order valence-corrected chi connectivity index (χ2v) is 18.2. The summed E-state index contributed by atoms with van der Waals surface area (Å²) in [4.78, 5) is 25.0. The molecule has 0 rings (SSSR count). The first-order valence-corrected chi connectivity index (χ1v) is 24.4. The van der Waals surface area contributed by atoms with Crippen LogP contribution < -0.4 is 4.89 Å². The van der Waals surface area contributed by atoms with Gasteiger partial charge in [-0.25, -0.2) is 0 Å². The molecule has 0 fully saturated rings. The van der Waals surface area contributed by atoms with Crippen LogP contribution in [-0.4, -0.2) is 70.7 Å². The number of quaternary nitrogens is 1. The molecule has 0 saturated heterocycles. The van der Waals surface area contributed by atoms with Gasteiger partial charge < -0.3 is 27.9 Å². The molecule has 0 amide bonds. The minimum Gasteiger partial charge on any atom is -0.756 e. The molecule has 0 aromatic rings. The quantitative estimate of drug-likeness (QED) is 0.0200. The number of allylic oxidation sites excluding steroid dienone is 2. The number of nitrogens with zero attached hydrogens (tertiary/aromatic N) is 1. The number of rotatable bonds is 43. The molecule has 2 unspecified atom stereocenters. The predicted octanol–water partition coefficient (Wildman–Crippen LogP) is 12.8. The van der Waals surface area contributed by atoms with Gasteiger partial charge in [0.15, 0.2) is 0 Å². The van der Waals surface area contributed by atoms with Crippen molar-refractivity contribution in [3.05, 3.63) is 12.2 Å². The molecule has 0 aliphatic heterocycles. The number of esters is 1. The van der Waals surface area contributed by atoms with E-state index in [1.807, 2.05) is 21.1 Å². The summed E-state index contributed by atoms with van der Waals surface area (Å²) in [5, 5.41) is 0. The van der Waals surface area contributed by atoms with E-state index in [1.165, 1.54) is 148 Å². The fourth-order valence-electron chi connectivity index (χ4n) is 6.48. The van der Waals surface area contributed by atoms with E-state index in [0.29, 0.717) is 24.1 Å². The van der Waals surface area contributed by atoms with Crippen LogP contribution in [-0.2, 0) is 27.9 Å². The maximum atomic E-state index is 12.7. The number of carbonyl (C=O) groups excluding carboxylic acids is 1. The molecule has 322 valence electrons. The Bertz CT molecular complexity index is 879. The van der Waals surface area contributed by atoms with E-state index >= 15 is 0 Å². The minimum absolute atomic E-state index is 0.0277. The summed E-state index contributed by atoms with van der Waals surface area (Å²) in [5.41, 5.74) is 0. The maximum Gasteiger partial charge on any atom is 0.306 e. The van der Waals surface area contributed by atoms with Crippen LogP contribution in [0.15, 0.2) is 12.2 Å². The molecule has 0 radical (unpaired) electrons. The van der Waals surface area contributed by atoms with Gasteiger partial charge in [0.2, 0.25) is 0 Å². The van der Waals surface area contributed by atoms with Crippen LogP contribution in [0.1, 0.15) is 213 Å². The summed E-state index contributed by atoms with van der Waals surface area (Å²) >= 11 is 0. The zero-order valence-corrected chi connectivity index (χ0v) is 37.3. The van der Waals surface area contributed by atoms with Gasteiger partial charge >= 0.3 is 5.97 Å². The number of phosphoric acid groups is 1. The number of ether oxygens (including phenoxy) is 2. The fraction of sp³-hybridized carbons (Fsp3) is 0.933. The molecule has 0 aliphatic carbocycles. The first kappa shape index (κ1) is 53.2. The van der Waals surface area contributed by atoms with Gasteiger partial charge in [-0.15, -0.1) is 0 Å². The largest absolute Gasteiger partial charge is 0.756 e. The molecule has 0 saturated carbocycles. The Morgan fingerprint density at radius 2 is 0.963 bits per heavy atom. The van der Waals surface area contributed by atoms with Crippen LogP contribution in [0.4, 0.5) is 0 Å². The van der Waals surface area contributed by atoms with E-state index in [1.54, 1.807) is 0 Å². The predicted molar refractivity (Wildman–Crippen MR) is 227 cm³/mol. The van der Waals surface area contributed by atoms with Crippen molar-refractivity contribution in [1.29, 1.82) is 0 Å². The van der Waals surface area contributed by atoms with Gasteiger partial charge in [0.05, 0.1) is 34.4 Å². The highest BCUT2D eigenvalue weighted by Gasteiger charge is 2.20. The minimum atomic E-state index is -4.52. The second kappa shape index (κ2) is 39.1. The summed E-state index contributed by atoms with van der Waals surface area (Å²) < 4.78 is 34.6. The van der Waals surface area contributed by atoms with Crippen molar-refractivity contribution in [3.8, 4) is 0 Å². The average molecular weight is 788 g/mol. The Morgan fingerprint density at radius 1 is 0.556 bits per heavy atom. The number of carbonyl (C=O) groups is 1. The summed E-state index contributed by atoms with van der Waals surface area (Å²) in [7, 11) is 1.36. The highest BCUT2D eigenvalue weighted by molar-refractivity contribution is 7.45.